The maximum absolute atomic E-state index is 13.2. The number of alkyl halides is 4. The summed E-state index contributed by atoms with van der Waals surface area (Å²) in [4.78, 5) is 24.9. The first kappa shape index (κ1) is 21.3. The van der Waals surface area contributed by atoms with Crippen LogP contribution in [-0.2, 0) is 23.1 Å². The van der Waals surface area contributed by atoms with E-state index < -0.39 is 44.1 Å². The predicted molar refractivity (Wildman–Crippen MR) is 82.0 cm³/mol. The molecular formula is C15H15F4O7P. The number of phosphoric ester groups is 1. The number of halogens is 4. The Morgan fingerprint density at radius 3 is 2.56 bits per heavy atom. The molecule has 27 heavy (non-hydrogen) atoms. The molecule has 12 heteroatoms. The van der Waals surface area contributed by atoms with E-state index in [1.165, 1.54) is 25.1 Å². The summed E-state index contributed by atoms with van der Waals surface area (Å²) in [5.74, 6) is -7.36. The second-order valence-corrected chi connectivity index (χ2v) is 7.06. The van der Waals surface area contributed by atoms with E-state index in [1.54, 1.807) is 0 Å². The Labute approximate surface area is 151 Å². The molecule has 0 spiro atoms. The van der Waals surface area contributed by atoms with Crippen molar-refractivity contribution >= 4 is 19.6 Å². The van der Waals surface area contributed by atoms with Gasteiger partial charge >= 0.3 is 26.1 Å². The van der Waals surface area contributed by atoms with Crippen LogP contribution < -0.4 is 4.52 Å². The number of esters is 1. The van der Waals surface area contributed by atoms with Crippen LogP contribution in [0, 0.1) is 0 Å². The summed E-state index contributed by atoms with van der Waals surface area (Å²) in [5, 5.41) is 0. The van der Waals surface area contributed by atoms with E-state index in [-0.39, 0.29) is 17.9 Å². The van der Waals surface area contributed by atoms with E-state index in [2.05, 4.69) is 4.52 Å². The zero-order chi connectivity index (χ0) is 20.5. The van der Waals surface area contributed by atoms with Crippen LogP contribution in [0.3, 0.4) is 0 Å². The van der Waals surface area contributed by atoms with Crippen LogP contribution in [0.5, 0.6) is 5.75 Å². The van der Waals surface area contributed by atoms with Crippen LogP contribution in [0.1, 0.15) is 24.2 Å². The van der Waals surface area contributed by atoms with E-state index in [1.807, 2.05) is 0 Å². The van der Waals surface area contributed by atoms with Crippen molar-refractivity contribution in [2.45, 2.75) is 31.8 Å². The molecular weight excluding hydrogens is 399 g/mol. The third-order valence-corrected chi connectivity index (χ3v) is 4.92. The largest absolute Gasteiger partial charge is 0.531 e. The lowest BCUT2D eigenvalue weighted by atomic mass is 9.94. The summed E-state index contributed by atoms with van der Waals surface area (Å²) >= 11 is 0. The molecule has 0 amide bonds. The molecule has 150 valence electrons. The minimum absolute atomic E-state index is 0.178. The number of ether oxygens (including phenoxy) is 1. The second-order valence-electron chi connectivity index (χ2n) is 5.54. The highest BCUT2D eigenvalue weighted by atomic mass is 31.2. The van der Waals surface area contributed by atoms with Gasteiger partial charge in [0.25, 0.3) is 0 Å². The maximum Gasteiger partial charge on any atom is 0.531 e. The van der Waals surface area contributed by atoms with Gasteiger partial charge in [-0.2, -0.15) is 8.78 Å². The van der Waals surface area contributed by atoms with Crippen LogP contribution in [-0.4, -0.2) is 42.9 Å². The molecule has 0 aliphatic carbocycles. The van der Waals surface area contributed by atoms with Crippen molar-refractivity contribution in [3.8, 4) is 5.75 Å². The van der Waals surface area contributed by atoms with E-state index >= 15 is 0 Å². The molecule has 0 radical (unpaired) electrons. The monoisotopic (exact) mass is 414 g/mol. The first-order chi connectivity index (χ1) is 12.4. The highest BCUT2D eigenvalue weighted by Gasteiger charge is 2.56. The molecule has 2 unspecified atom stereocenters. The van der Waals surface area contributed by atoms with Crippen molar-refractivity contribution in [3.05, 3.63) is 29.8 Å². The van der Waals surface area contributed by atoms with Gasteiger partial charge < -0.3 is 9.26 Å². The number of Topliss-reactive ketones (excluding diaryl/α,β-unsaturated/α-hetero) is 1. The number of carbonyl (C=O) groups is 2. The molecule has 2 atom stereocenters. The fourth-order valence-corrected chi connectivity index (χ4v) is 3.55. The molecule has 1 aromatic rings. The van der Waals surface area contributed by atoms with E-state index in [9.17, 15) is 31.7 Å². The van der Waals surface area contributed by atoms with Gasteiger partial charge in [-0.15, -0.1) is 0 Å². The van der Waals surface area contributed by atoms with Gasteiger partial charge in [0.1, 0.15) is 12.4 Å². The van der Waals surface area contributed by atoms with Crippen molar-refractivity contribution in [1.29, 1.82) is 0 Å². The second kappa shape index (κ2) is 7.57. The van der Waals surface area contributed by atoms with Crippen molar-refractivity contribution in [1.82, 2.24) is 0 Å². The lowest BCUT2D eigenvalue weighted by Crippen LogP contribution is -2.46. The Kier molecular flexibility index (Phi) is 5.98. The summed E-state index contributed by atoms with van der Waals surface area (Å²) in [6.45, 7) is 0.103. The Morgan fingerprint density at radius 1 is 1.33 bits per heavy atom. The van der Waals surface area contributed by atoms with E-state index in [0.717, 1.165) is 13.0 Å². The van der Waals surface area contributed by atoms with Gasteiger partial charge in [-0.3, -0.25) is 13.8 Å². The van der Waals surface area contributed by atoms with Gasteiger partial charge in [0.15, 0.2) is 0 Å². The highest BCUT2D eigenvalue weighted by molar-refractivity contribution is 7.49. The molecule has 0 fully saturated rings. The Balaban J connectivity index is 2.46. The Hall–Kier alpha value is -1.97. The van der Waals surface area contributed by atoms with E-state index in [4.69, 9.17) is 13.8 Å². The molecule has 0 saturated heterocycles. The lowest BCUT2D eigenvalue weighted by Gasteiger charge is -2.27. The molecule has 1 aliphatic heterocycles. The molecule has 2 rings (SSSR count). The minimum atomic E-state index is -5.10. The summed E-state index contributed by atoms with van der Waals surface area (Å²) in [7, 11) is -5.10. The number of hydrogen-bond donors (Lipinski definition) is 0. The van der Waals surface area contributed by atoms with Crippen molar-refractivity contribution < 1.29 is 50.0 Å². The fraction of sp³-hybridized carbons (Fsp3) is 0.467. The molecule has 7 nitrogen and oxygen atoms in total. The number of rotatable bonds is 6. The standard InChI is InChI=1S/C15H15F4O7P/c1-3-23-13(21)14(2)11(20)9-6-4-5-7-10(9)25-27(22,26-14)24-8-15(18,19)12(16)17/h4-7,12H,3,8H2,1-2H3. The number of carbonyl (C=O) groups excluding carboxylic acids is 2. The van der Waals surface area contributed by atoms with Gasteiger partial charge in [0, 0.05) is 0 Å². The molecule has 0 aromatic heterocycles. The summed E-state index contributed by atoms with van der Waals surface area (Å²) in [6.07, 6.45) is -4.11. The molecule has 1 aromatic carbocycles. The number of hydrogen-bond acceptors (Lipinski definition) is 7. The molecule has 0 bridgehead atoms. The van der Waals surface area contributed by atoms with E-state index in [0.29, 0.717) is 0 Å². The normalized spacial score (nSPS) is 25.5. The third kappa shape index (κ3) is 4.31. The van der Waals surface area contributed by atoms with Crippen LogP contribution in [0.4, 0.5) is 17.6 Å². The SMILES string of the molecule is CCOC(=O)C1(C)OP(=O)(OCC(F)(F)C(F)F)Oc2ccccc2C1=O. The van der Waals surface area contributed by atoms with Crippen LogP contribution in [0.25, 0.3) is 0 Å². The van der Waals surface area contributed by atoms with Crippen molar-refractivity contribution in [3.63, 3.8) is 0 Å². The van der Waals surface area contributed by atoms with Crippen LogP contribution in [0.2, 0.25) is 0 Å². The van der Waals surface area contributed by atoms with Gasteiger partial charge in [-0.25, -0.2) is 18.1 Å². The molecule has 0 saturated carbocycles. The lowest BCUT2D eigenvalue weighted by molar-refractivity contribution is -0.161. The van der Waals surface area contributed by atoms with Gasteiger partial charge in [-0.05, 0) is 26.0 Å². The Morgan fingerprint density at radius 2 is 1.96 bits per heavy atom. The zero-order valence-corrected chi connectivity index (χ0v) is 15.0. The predicted octanol–water partition coefficient (Wildman–Crippen LogP) is 3.63. The molecule has 1 aliphatic rings. The smallest absolute Gasteiger partial charge is 0.463 e. The van der Waals surface area contributed by atoms with Crippen molar-refractivity contribution in [2.75, 3.05) is 13.2 Å². The minimum Gasteiger partial charge on any atom is -0.463 e. The average molecular weight is 414 g/mol. The third-order valence-electron chi connectivity index (χ3n) is 3.47. The average Bonchev–Trinajstić information content (AvgIpc) is 2.68. The quantitative estimate of drug-likeness (QED) is 0.304. The summed E-state index contributed by atoms with van der Waals surface area (Å²) < 4.78 is 82.5. The van der Waals surface area contributed by atoms with Gasteiger partial charge in [0.2, 0.25) is 11.4 Å². The van der Waals surface area contributed by atoms with Gasteiger partial charge in [0.05, 0.1) is 12.2 Å². The van der Waals surface area contributed by atoms with Gasteiger partial charge in [-0.1, -0.05) is 12.1 Å². The van der Waals surface area contributed by atoms with Crippen LogP contribution >= 0.6 is 7.82 Å². The first-order valence-corrected chi connectivity index (χ1v) is 9.03. The number of fused-ring (bicyclic) bond motifs is 1. The molecule has 1 heterocycles. The highest BCUT2D eigenvalue weighted by Crippen LogP contribution is 2.57. The summed E-state index contributed by atoms with van der Waals surface area (Å²) in [6, 6.07) is 5.11. The number of phosphoric acid groups is 1. The Bertz CT molecular complexity index is 785. The summed E-state index contributed by atoms with van der Waals surface area (Å²) in [5.41, 5.74) is -2.83. The number of para-hydroxylation sites is 1. The zero-order valence-electron chi connectivity index (χ0n) is 14.1. The molecule has 0 N–H and O–H groups in total. The first-order valence-electron chi connectivity index (χ1n) is 7.57. The number of ketones is 1. The maximum atomic E-state index is 13.2. The topological polar surface area (TPSA) is 88.1 Å². The van der Waals surface area contributed by atoms with Crippen molar-refractivity contribution in [2.24, 2.45) is 0 Å². The van der Waals surface area contributed by atoms with Crippen LogP contribution in [0.15, 0.2) is 24.3 Å². The number of benzene rings is 1. The fourth-order valence-electron chi connectivity index (χ4n) is 2.07.